The number of fused-ring (bicyclic) bond motifs is 5. The van der Waals surface area contributed by atoms with E-state index < -0.39 is 0 Å². The molecule has 0 amide bonds. The van der Waals surface area contributed by atoms with Crippen LogP contribution in [0.2, 0.25) is 0 Å². The Bertz CT molecular complexity index is 2020. The average molecular weight is 527 g/mol. The molecule has 1 atom stereocenters. The highest BCUT2D eigenvalue weighted by Crippen LogP contribution is 2.39. The topological polar surface area (TPSA) is 17.0 Å². The summed E-state index contributed by atoms with van der Waals surface area (Å²) in [6.07, 6.45) is 13.5. The van der Waals surface area contributed by atoms with Crippen LogP contribution in [-0.2, 0) is 6.42 Å². The van der Waals surface area contributed by atoms with Crippen LogP contribution < -0.4 is 5.32 Å². The zero-order chi connectivity index (χ0) is 27.2. The predicted molar refractivity (Wildman–Crippen MR) is 173 cm³/mol. The summed E-state index contributed by atoms with van der Waals surface area (Å²) in [5, 5.41) is 7.60. The Morgan fingerprint density at radius 3 is 2.29 bits per heavy atom. The summed E-state index contributed by atoms with van der Waals surface area (Å²) in [7, 11) is 0. The van der Waals surface area contributed by atoms with E-state index in [2.05, 4.69) is 156 Å². The van der Waals surface area contributed by atoms with Gasteiger partial charge >= 0.3 is 0 Å². The molecule has 0 fully saturated rings. The lowest BCUT2D eigenvalue weighted by atomic mass is 9.92. The van der Waals surface area contributed by atoms with Crippen LogP contribution in [0.3, 0.4) is 0 Å². The molecular weight excluding hydrogens is 496 g/mol. The number of aromatic nitrogens is 1. The van der Waals surface area contributed by atoms with Gasteiger partial charge in [0.05, 0.1) is 5.52 Å². The summed E-state index contributed by atoms with van der Waals surface area (Å²) >= 11 is 0. The van der Waals surface area contributed by atoms with E-state index in [4.69, 9.17) is 0 Å². The standard InChI is InChI=1S/C39H30N2/c1-2-11-27(12-3-1)32-16-6-7-17-33(32)31-15-10-14-29(25-31)30-23-24-40-38(26-30)41-37-20-9-8-19-35(37)36-22-21-28-13-4-5-18-34(28)39(36)41/h1-8,10-19,21-26,38,40H,9,20H2. The molecule has 6 aromatic rings. The molecule has 41 heavy (non-hydrogen) atoms. The third-order valence-corrected chi connectivity index (χ3v) is 8.53. The highest BCUT2D eigenvalue weighted by molar-refractivity contribution is 6.09. The Morgan fingerprint density at radius 1 is 0.634 bits per heavy atom. The number of allylic oxidation sites excluding steroid dienone is 3. The van der Waals surface area contributed by atoms with Gasteiger partial charge in [-0.05, 0) is 76.0 Å². The molecule has 0 bridgehead atoms. The van der Waals surface area contributed by atoms with E-state index in [9.17, 15) is 0 Å². The second kappa shape index (κ2) is 9.83. The molecule has 1 N–H and O–H groups in total. The van der Waals surface area contributed by atoms with Gasteiger partial charge in [0.25, 0.3) is 0 Å². The quantitative estimate of drug-likeness (QED) is 0.242. The molecule has 8 rings (SSSR count). The van der Waals surface area contributed by atoms with E-state index in [0.29, 0.717) is 0 Å². The first-order valence-corrected chi connectivity index (χ1v) is 14.5. The second-order valence-electron chi connectivity index (χ2n) is 10.9. The minimum absolute atomic E-state index is 0.0267. The van der Waals surface area contributed by atoms with Gasteiger partial charge in [-0.1, -0.05) is 121 Å². The molecule has 2 heterocycles. The van der Waals surface area contributed by atoms with Crippen LogP contribution in [0, 0.1) is 0 Å². The van der Waals surface area contributed by atoms with Gasteiger partial charge in [0.15, 0.2) is 0 Å². The summed E-state index contributed by atoms with van der Waals surface area (Å²) in [6, 6.07) is 41.7. The van der Waals surface area contributed by atoms with Crippen LogP contribution in [0.15, 0.2) is 140 Å². The largest absolute Gasteiger partial charge is 0.368 e. The molecule has 0 saturated carbocycles. The summed E-state index contributed by atoms with van der Waals surface area (Å²) in [6.45, 7) is 0. The Kier molecular flexibility index (Phi) is 5.70. The maximum absolute atomic E-state index is 3.69. The minimum atomic E-state index is 0.0267. The van der Waals surface area contributed by atoms with Crippen molar-refractivity contribution < 1.29 is 0 Å². The maximum atomic E-state index is 3.69. The van der Waals surface area contributed by atoms with Crippen molar-refractivity contribution in [3.8, 4) is 22.3 Å². The molecule has 2 aliphatic rings. The fraction of sp³-hybridized carbons (Fsp3) is 0.0769. The monoisotopic (exact) mass is 526 g/mol. The number of nitrogens with zero attached hydrogens (tertiary/aromatic N) is 1. The fourth-order valence-electron chi connectivity index (χ4n) is 6.64. The normalized spacial score (nSPS) is 16.0. The zero-order valence-corrected chi connectivity index (χ0v) is 22.8. The third-order valence-electron chi connectivity index (χ3n) is 8.53. The van der Waals surface area contributed by atoms with Gasteiger partial charge in [0, 0.05) is 22.0 Å². The van der Waals surface area contributed by atoms with Crippen molar-refractivity contribution in [1.82, 2.24) is 9.88 Å². The number of hydrogen-bond donors (Lipinski definition) is 1. The molecule has 1 unspecified atom stereocenters. The SMILES string of the molecule is C1=Cc2c(n(C3C=C(c4cccc(-c5ccccc5-c5ccccc5)c4)C=CN3)c3c2ccc2ccccc23)CC1. The lowest BCUT2D eigenvalue weighted by Gasteiger charge is -2.25. The molecule has 1 aromatic heterocycles. The van der Waals surface area contributed by atoms with Gasteiger partial charge in [0.1, 0.15) is 6.17 Å². The van der Waals surface area contributed by atoms with Crippen molar-refractivity contribution in [2.24, 2.45) is 0 Å². The molecule has 1 aliphatic carbocycles. The predicted octanol–water partition coefficient (Wildman–Crippen LogP) is 9.79. The molecule has 0 spiro atoms. The molecule has 0 radical (unpaired) electrons. The van der Waals surface area contributed by atoms with Crippen LogP contribution in [0.25, 0.3) is 55.6 Å². The van der Waals surface area contributed by atoms with Crippen molar-refractivity contribution in [1.29, 1.82) is 0 Å². The highest BCUT2D eigenvalue weighted by Gasteiger charge is 2.24. The summed E-state index contributed by atoms with van der Waals surface area (Å²) in [5.41, 5.74) is 11.5. The van der Waals surface area contributed by atoms with Crippen LogP contribution in [0.4, 0.5) is 0 Å². The smallest absolute Gasteiger partial charge is 0.123 e. The molecule has 1 aliphatic heterocycles. The van der Waals surface area contributed by atoms with Gasteiger partial charge in [0.2, 0.25) is 0 Å². The van der Waals surface area contributed by atoms with Gasteiger partial charge in [-0.15, -0.1) is 0 Å². The summed E-state index contributed by atoms with van der Waals surface area (Å²) < 4.78 is 2.55. The molecule has 2 nitrogen and oxygen atoms in total. The maximum Gasteiger partial charge on any atom is 0.123 e. The van der Waals surface area contributed by atoms with Gasteiger partial charge in [-0.3, -0.25) is 0 Å². The fourth-order valence-corrected chi connectivity index (χ4v) is 6.64. The molecule has 2 heteroatoms. The Balaban J connectivity index is 1.25. The summed E-state index contributed by atoms with van der Waals surface area (Å²) in [5.74, 6) is 0. The van der Waals surface area contributed by atoms with Crippen LogP contribution in [0.5, 0.6) is 0 Å². The van der Waals surface area contributed by atoms with E-state index in [-0.39, 0.29) is 6.17 Å². The first kappa shape index (κ1) is 23.8. The van der Waals surface area contributed by atoms with Crippen molar-refractivity contribution in [3.63, 3.8) is 0 Å². The minimum Gasteiger partial charge on any atom is -0.368 e. The highest BCUT2D eigenvalue weighted by atomic mass is 15.2. The van der Waals surface area contributed by atoms with E-state index in [1.807, 2.05) is 0 Å². The lowest BCUT2D eigenvalue weighted by molar-refractivity contribution is 0.543. The second-order valence-corrected chi connectivity index (χ2v) is 10.9. The van der Waals surface area contributed by atoms with Crippen molar-refractivity contribution >= 4 is 33.3 Å². The van der Waals surface area contributed by atoms with Gasteiger partial charge < -0.3 is 9.88 Å². The van der Waals surface area contributed by atoms with Crippen molar-refractivity contribution in [2.45, 2.75) is 19.0 Å². The number of dihydropyridines is 1. The first-order chi connectivity index (χ1) is 20.3. The number of benzene rings is 5. The van der Waals surface area contributed by atoms with Crippen LogP contribution in [0.1, 0.15) is 29.4 Å². The van der Waals surface area contributed by atoms with E-state index in [1.54, 1.807) is 0 Å². The van der Waals surface area contributed by atoms with E-state index >= 15 is 0 Å². The molecule has 5 aromatic carbocycles. The zero-order valence-electron chi connectivity index (χ0n) is 22.8. The van der Waals surface area contributed by atoms with Crippen molar-refractivity contribution in [2.75, 3.05) is 0 Å². The Labute approximate surface area is 240 Å². The molecule has 0 saturated heterocycles. The Morgan fingerprint density at radius 2 is 1.39 bits per heavy atom. The van der Waals surface area contributed by atoms with Gasteiger partial charge in [-0.25, -0.2) is 0 Å². The number of rotatable bonds is 4. The number of hydrogen-bond acceptors (Lipinski definition) is 1. The average Bonchev–Trinajstić information content (AvgIpc) is 3.40. The van der Waals surface area contributed by atoms with Gasteiger partial charge in [-0.2, -0.15) is 0 Å². The number of nitrogens with one attached hydrogen (secondary N) is 1. The molecular formula is C39H30N2. The first-order valence-electron chi connectivity index (χ1n) is 14.5. The lowest BCUT2D eigenvalue weighted by Crippen LogP contribution is -2.24. The van der Waals surface area contributed by atoms with Crippen molar-refractivity contribution in [3.05, 3.63) is 157 Å². The van der Waals surface area contributed by atoms with E-state index in [1.165, 1.54) is 66.3 Å². The van der Waals surface area contributed by atoms with Crippen LogP contribution >= 0.6 is 0 Å². The van der Waals surface area contributed by atoms with Crippen LogP contribution in [-0.4, -0.2) is 4.57 Å². The molecule has 196 valence electrons. The summed E-state index contributed by atoms with van der Waals surface area (Å²) in [4.78, 5) is 0. The Hall–Kier alpha value is -5.08. The van der Waals surface area contributed by atoms with E-state index in [0.717, 1.165) is 12.8 Å². The third kappa shape index (κ3) is 4.03.